The van der Waals surface area contributed by atoms with E-state index in [-0.39, 0.29) is 10.9 Å². The SMILES string of the molecule is CCc1cnc(C(C)Nc2ccccc2S(N)(=O)=O)s1. The maximum Gasteiger partial charge on any atom is 0.240 e. The molecular weight excluding hydrogens is 294 g/mol. The van der Waals surface area contributed by atoms with Crippen molar-refractivity contribution in [2.24, 2.45) is 5.14 Å². The normalized spacial score (nSPS) is 13.2. The van der Waals surface area contributed by atoms with Gasteiger partial charge in [0.25, 0.3) is 0 Å². The number of hydrogen-bond acceptors (Lipinski definition) is 5. The van der Waals surface area contributed by atoms with Gasteiger partial charge >= 0.3 is 0 Å². The van der Waals surface area contributed by atoms with E-state index in [9.17, 15) is 8.42 Å². The van der Waals surface area contributed by atoms with Crippen LogP contribution in [0.4, 0.5) is 5.69 Å². The lowest BCUT2D eigenvalue weighted by atomic mass is 10.2. The smallest absolute Gasteiger partial charge is 0.240 e. The molecule has 5 nitrogen and oxygen atoms in total. The second-order valence-corrected chi connectivity index (χ2v) is 7.10. The number of rotatable bonds is 5. The maximum absolute atomic E-state index is 11.5. The van der Waals surface area contributed by atoms with Gasteiger partial charge in [0.05, 0.1) is 11.7 Å². The Balaban J connectivity index is 2.26. The van der Waals surface area contributed by atoms with Crippen LogP contribution in [0.1, 0.15) is 29.8 Å². The van der Waals surface area contributed by atoms with Crippen LogP contribution in [0.25, 0.3) is 0 Å². The number of sulfonamides is 1. The van der Waals surface area contributed by atoms with Gasteiger partial charge in [-0.3, -0.25) is 0 Å². The van der Waals surface area contributed by atoms with E-state index >= 15 is 0 Å². The molecule has 0 fully saturated rings. The number of nitrogens with zero attached hydrogens (tertiary/aromatic N) is 1. The molecule has 20 heavy (non-hydrogen) atoms. The Morgan fingerprint density at radius 2 is 2.10 bits per heavy atom. The van der Waals surface area contributed by atoms with Crippen molar-refractivity contribution < 1.29 is 8.42 Å². The fourth-order valence-electron chi connectivity index (χ4n) is 1.82. The summed E-state index contributed by atoms with van der Waals surface area (Å²) in [7, 11) is -3.74. The molecule has 0 saturated heterocycles. The first-order valence-electron chi connectivity index (χ1n) is 6.24. The number of primary sulfonamides is 1. The topological polar surface area (TPSA) is 85.1 Å². The van der Waals surface area contributed by atoms with Gasteiger partial charge in [-0.05, 0) is 25.5 Å². The van der Waals surface area contributed by atoms with Crippen LogP contribution in [-0.4, -0.2) is 13.4 Å². The van der Waals surface area contributed by atoms with Crippen molar-refractivity contribution in [2.45, 2.75) is 31.2 Å². The van der Waals surface area contributed by atoms with Crippen LogP contribution >= 0.6 is 11.3 Å². The molecule has 0 saturated carbocycles. The van der Waals surface area contributed by atoms with Gasteiger partial charge in [0.15, 0.2) is 0 Å². The predicted molar refractivity (Wildman–Crippen MR) is 81.3 cm³/mol. The van der Waals surface area contributed by atoms with Crippen molar-refractivity contribution in [3.05, 3.63) is 40.3 Å². The highest BCUT2D eigenvalue weighted by atomic mass is 32.2. The van der Waals surface area contributed by atoms with E-state index in [0.717, 1.165) is 11.4 Å². The minimum atomic E-state index is -3.74. The van der Waals surface area contributed by atoms with Crippen LogP contribution in [0.15, 0.2) is 35.4 Å². The number of nitrogens with one attached hydrogen (secondary N) is 1. The first kappa shape index (κ1) is 15.0. The number of aryl methyl sites for hydroxylation is 1. The number of aromatic nitrogens is 1. The van der Waals surface area contributed by atoms with Crippen molar-refractivity contribution in [1.82, 2.24) is 4.98 Å². The summed E-state index contributed by atoms with van der Waals surface area (Å²) in [6.45, 7) is 4.02. The van der Waals surface area contributed by atoms with Gasteiger partial charge in [-0.25, -0.2) is 18.5 Å². The Hall–Kier alpha value is -1.44. The quantitative estimate of drug-likeness (QED) is 0.888. The summed E-state index contributed by atoms with van der Waals surface area (Å²) >= 11 is 1.62. The van der Waals surface area contributed by atoms with Gasteiger partial charge < -0.3 is 5.32 Å². The highest BCUT2D eigenvalue weighted by Gasteiger charge is 2.16. The summed E-state index contributed by atoms with van der Waals surface area (Å²) in [5.74, 6) is 0. The van der Waals surface area contributed by atoms with E-state index < -0.39 is 10.0 Å². The average Bonchev–Trinajstić information content (AvgIpc) is 2.87. The van der Waals surface area contributed by atoms with Gasteiger partial charge in [0.2, 0.25) is 10.0 Å². The summed E-state index contributed by atoms with van der Waals surface area (Å²) in [4.78, 5) is 5.65. The van der Waals surface area contributed by atoms with Gasteiger partial charge in [-0.15, -0.1) is 11.3 Å². The van der Waals surface area contributed by atoms with E-state index in [1.165, 1.54) is 10.9 Å². The molecule has 7 heteroatoms. The van der Waals surface area contributed by atoms with Crippen molar-refractivity contribution in [3.63, 3.8) is 0 Å². The summed E-state index contributed by atoms with van der Waals surface area (Å²) in [6, 6.07) is 6.52. The third-order valence-corrected chi connectivity index (χ3v) is 5.15. The number of para-hydroxylation sites is 1. The molecule has 1 atom stereocenters. The molecule has 108 valence electrons. The Labute approximate surface area is 122 Å². The summed E-state index contributed by atoms with van der Waals surface area (Å²) in [6.07, 6.45) is 2.79. The molecule has 0 bridgehead atoms. The Morgan fingerprint density at radius 3 is 2.70 bits per heavy atom. The average molecular weight is 311 g/mol. The molecule has 0 amide bonds. The van der Waals surface area contributed by atoms with Crippen molar-refractivity contribution in [1.29, 1.82) is 0 Å². The number of hydrogen-bond donors (Lipinski definition) is 2. The minimum Gasteiger partial charge on any atom is -0.375 e. The molecule has 0 spiro atoms. The lowest BCUT2D eigenvalue weighted by Crippen LogP contribution is -2.16. The van der Waals surface area contributed by atoms with Crippen LogP contribution in [0.5, 0.6) is 0 Å². The predicted octanol–water partition coefficient (Wildman–Crippen LogP) is 2.53. The summed E-state index contributed by atoms with van der Waals surface area (Å²) in [5.41, 5.74) is 0.496. The minimum absolute atomic E-state index is 0.0804. The molecule has 0 aliphatic rings. The van der Waals surface area contributed by atoms with Crippen LogP contribution in [-0.2, 0) is 16.4 Å². The Kier molecular flexibility index (Phi) is 4.42. The van der Waals surface area contributed by atoms with E-state index in [0.29, 0.717) is 5.69 Å². The molecule has 2 aromatic rings. The maximum atomic E-state index is 11.5. The molecule has 1 aromatic heterocycles. The first-order valence-corrected chi connectivity index (χ1v) is 8.61. The molecule has 1 heterocycles. The number of nitrogens with two attached hydrogens (primary N) is 1. The molecule has 3 N–H and O–H groups in total. The molecule has 0 radical (unpaired) electrons. The van der Waals surface area contributed by atoms with Crippen LogP contribution in [0, 0.1) is 0 Å². The summed E-state index contributed by atoms with van der Waals surface area (Å²) in [5, 5.41) is 9.30. The Bertz CT molecular complexity index is 695. The van der Waals surface area contributed by atoms with Crippen LogP contribution in [0.3, 0.4) is 0 Å². The van der Waals surface area contributed by atoms with Crippen molar-refractivity contribution in [3.8, 4) is 0 Å². The molecule has 1 aromatic carbocycles. The second kappa shape index (κ2) is 5.90. The zero-order valence-corrected chi connectivity index (χ0v) is 13.0. The molecular formula is C13H17N3O2S2. The molecule has 2 rings (SSSR count). The van der Waals surface area contributed by atoms with Gasteiger partial charge in [0.1, 0.15) is 9.90 Å². The molecule has 0 aliphatic carbocycles. The third kappa shape index (κ3) is 3.36. The molecule has 1 unspecified atom stereocenters. The monoisotopic (exact) mass is 311 g/mol. The zero-order valence-electron chi connectivity index (χ0n) is 11.3. The first-order chi connectivity index (χ1) is 9.41. The van der Waals surface area contributed by atoms with E-state index in [2.05, 4.69) is 17.2 Å². The van der Waals surface area contributed by atoms with E-state index in [1.54, 1.807) is 29.5 Å². The third-order valence-electron chi connectivity index (χ3n) is 2.86. The van der Waals surface area contributed by atoms with E-state index in [4.69, 9.17) is 5.14 Å². The van der Waals surface area contributed by atoms with Crippen molar-refractivity contribution >= 4 is 27.0 Å². The van der Waals surface area contributed by atoms with Crippen LogP contribution in [0.2, 0.25) is 0 Å². The highest BCUT2D eigenvalue weighted by molar-refractivity contribution is 7.89. The number of benzene rings is 1. The van der Waals surface area contributed by atoms with Crippen molar-refractivity contribution in [2.75, 3.05) is 5.32 Å². The fraction of sp³-hybridized carbons (Fsp3) is 0.308. The summed E-state index contributed by atoms with van der Waals surface area (Å²) < 4.78 is 23.1. The van der Waals surface area contributed by atoms with E-state index in [1.807, 2.05) is 13.1 Å². The number of thiazole rings is 1. The zero-order chi connectivity index (χ0) is 14.8. The van der Waals surface area contributed by atoms with Gasteiger partial charge in [-0.1, -0.05) is 19.1 Å². The lowest BCUT2D eigenvalue weighted by Gasteiger charge is -2.15. The largest absolute Gasteiger partial charge is 0.375 e. The van der Waals surface area contributed by atoms with Gasteiger partial charge in [0, 0.05) is 11.1 Å². The Morgan fingerprint density at radius 1 is 1.40 bits per heavy atom. The molecule has 0 aliphatic heterocycles. The van der Waals surface area contributed by atoms with Gasteiger partial charge in [-0.2, -0.15) is 0 Å². The van der Waals surface area contributed by atoms with Crippen LogP contribution < -0.4 is 10.5 Å². The second-order valence-electron chi connectivity index (χ2n) is 4.43. The lowest BCUT2D eigenvalue weighted by molar-refractivity contribution is 0.598. The number of anilines is 1. The fourth-order valence-corrected chi connectivity index (χ4v) is 3.38. The highest BCUT2D eigenvalue weighted by Crippen LogP contribution is 2.27. The standard InChI is InChI=1S/C13H17N3O2S2/c1-3-10-8-15-13(19-10)9(2)16-11-6-4-5-7-12(11)20(14,17)18/h4-9,16H,3H2,1-2H3,(H2,14,17,18).